The zero-order chi connectivity index (χ0) is 26.7. The first kappa shape index (κ1) is 25.8. The van der Waals surface area contributed by atoms with Crippen LogP contribution in [-0.2, 0) is 10.2 Å². The van der Waals surface area contributed by atoms with Gasteiger partial charge in [-0.3, -0.25) is 9.78 Å². The number of nitrogens with one attached hydrogen (secondary N) is 1. The Morgan fingerprint density at radius 2 is 2.08 bits per heavy atom. The van der Waals surface area contributed by atoms with Crippen LogP contribution in [0.4, 0.5) is 5.69 Å². The van der Waals surface area contributed by atoms with Gasteiger partial charge in [-0.15, -0.1) is 0 Å². The molecule has 1 amide bonds. The Morgan fingerprint density at radius 1 is 1.21 bits per heavy atom. The summed E-state index contributed by atoms with van der Waals surface area (Å²) in [6.45, 7) is 7.36. The number of amides is 1. The minimum absolute atomic E-state index is 0.228. The quantitative estimate of drug-likeness (QED) is 0.328. The summed E-state index contributed by atoms with van der Waals surface area (Å²) < 4.78 is 7.42. The van der Waals surface area contributed by atoms with Gasteiger partial charge in [0.15, 0.2) is 0 Å². The van der Waals surface area contributed by atoms with Crippen LogP contribution in [0.25, 0.3) is 16.8 Å². The summed E-state index contributed by atoms with van der Waals surface area (Å²) in [6.07, 6.45) is 8.72. The summed E-state index contributed by atoms with van der Waals surface area (Å²) in [5.74, 6) is -0.228. The average molecular weight is 524 g/mol. The van der Waals surface area contributed by atoms with Crippen LogP contribution >= 0.6 is 8.58 Å². The maximum atomic E-state index is 13.1. The molecule has 1 N–H and O–H groups in total. The minimum atomic E-state index is -0.676. The Hall–Kier alpha value is -3.85. The molecule has 38 heavy (non-hydrogen) atoms. The number of hydrogen-bond acceptors (Lipinski definition) is 5. The number of nitrogens with zero attached hydrogens (tertiary/aromatic N) is 4. The van der Waals surface area contributed by atoms with E-state index < -0.39 is 5.41 Å². The van der Waals surface area contributed by atoms with E-state index in [1.165, 1.54) is 5.30 Å². The highest BCUT2D eigenvalue weighted by Gasteiger charge is 2.21. The number of aryl methyl sites for hydroxylation is 1. The third kappa shape index (κ3) is 5.52. The lowest BCUT2D eigenvalue weighted by Gasteiger charge is -2.16. The molecule has 1 unspecified atom stereocenters. The number of pyridine rings is 1. The first-order valence-corrected chi connectivity index (χ1v) is 13.7. The van der Waals surface area contributed by atoms with Crippen molar-refractivity contribution < 1.29 is 9.53 Å². The molecule has 1 aliphatic heterocycles. The van der Waals surface area contributed by atoms with Gasteiger partial charge in [0.25, 0.3) is 5.91 Å². The number of nitriles is 1. The Kier molecular flexibility index (Phi) is 7.37. The molecular weight excluding hydrogens is 493 g/mol. The van der Waals surface area contributed by atoms with E-state index in [2.05, 4.69) is 27.5 Å². The zero-order valence-electron chi connectivity index (χ0n) is 21.7. The summed E-state index contributed by atoms with van der Waals surface area (Å²) in [4.78, 5) is 17.4. The first-order chi connectivity index (χ1) is 18.3. The second-order valence-electron chi connectivity index (χ2n) is 10.1. The van der Waals surface area contributed by atoms with Gasteiger partial charge in [-0.25, -0.2) is 4.68 Å². The summed E-state index contributed by atoms with van der Waals surface area (Å²) >= 11 is 0. The summed E-state index contributed by atoms with van der Waals surface area (Å²) in [7, 11) is 0.665. The number of carbonyl (C=O) groups is 1. The lowest BCUT2D eigenvalue weighted by molar-refractivity contribution is 0.102. The van der Waals surface area contributed by atoms with Crippen LogP contribution in [0.2, 0.25) is 0 Å². The van der Waals surface area contributed by atoms with Crippen molar-refractivity contribution in [3.8, 4) is 22.9 Å². The molecule has 1 fully saturated rings. The van der Waals surface area contributed by atoms with E-state index in [1.807, 2.05) is 80.6 Å². The molecule has 4 aromatic rings. The normalized spacial score (nSPS) is 15.6. The van der Waals surface area contributed by atoms with Crippen LogP contribution < -0.4 is 10.6 Å². The molecule has 0 radical (unpaired) electrons. The van der Waals surface area contributed by atoms with Gasteiger partial charge in [0.1, 0.15) is 0 Å². The first-order valence-electron chi connectivity index (χ1n) is 12.6. The van der Waals surface area contributed by atoms with Gasteiger partial charge in [-0.05, 0) is 74.0 Å². The van der Waals surface area contributed by atoms with Crippen molar-refractivity contribution in [2.24, 2.45) is 0 Å². The lowest BCUT2D eigenvalue weighted by Crippen LogP contribution is -2.17. The second kappa shape index (κ2) is 10.9. The van der Waals surface area contributed by atoms with Gasteiger partial charge in [0, 0.05) is 53.2 Å². The molecule has 0 bridgehead atoms. The van der Waals surface area contributed by atoms with Crippen molar-refractivity contribution in [1.29, 1.82) is 5.26 Å². The number of ether oxygens (including phenoxy) is 1. The summed E-state index contributed by atoms with van der Waals surface area (Å²) in [5.41, 5.74) is 5.87. The molecule has 3 heterocycles. The van der Waals surface area contributed by atoms with E-state index >= 15 is 0 Å². The third-order valence-corrected chi connectivity index (χ3v) is 8.45. The molecule has 2 atom stereocenters. The maximum absolute atomic E-state index is 13.1. The van der Waals surface area contributed by atoms with E-state index in [-0.39, 0.29) is 5.91 Å². The van der Waals surface area contributed by atoms with E-state index in [9.17, 15) is 10.1 Å². The predicted molar refractivity (Wildman–Crippen MR) is 152 cm³/mol. The molecule has 192 valence electrons. The van der Waals surface area contributed by atoms with Crippen LogP contribution in [0, 0.1) is 18.3 Å². The highest BCUT2D eigenvalue weighted by molar-refractivity contribution is 7.48. The van der Waals surface area contributed by atoms with Gasteiger partial charge in [0.05, 0.1) is 30.0 Å². The number of rotatable bonds is 7. The van der Waals surface area contributed by atoms with Crippen molar-refractivity contribution >= 4 is 25.5 Å². The number of hydrogen-bond donors (Lipinski definition) is 1. The zero-order valence-corrected chi connectivity index (χ0v) is 22.7. The fourth-order valence-electron chi connectivity index (χ4n) is 4.46. The molecular formula is C30H30N5O2P. The molecule has 5 rings (SSSR count). The number of carbonyl (C=O) groups excluding carboxylic acids is 1. The standard InChI is InChI=1S/C30H30N5O2P/c1-20-7-8-24(34-29(36)21-5-4-6-23(13-21)30(2,3)19-31)14-27(20)35-17-22(15-33-35)26-16-32-11-9-28(26)38-25-10-12-37-18-25/h4-9,11,13-17,25,38H,10,12,18H2,1-3H3,(H,34,36)/t25-/m0/s1. The van der Waals surface area contributed by atoms with Crippen molar-refractivity contribution in [3.05, 3.63) is 90.0 Å². The highest BCUT2D eigenvalue weighted by atomic mass is 31.1. The van der Waals surface area contributed by atoms with Crippen molar-refractivity contribution in [1.82, 2.24) is 14.8 Å². The van der Waals surface area contributed by atoms with Gasteiger partial charge >= 0.3 is 0 Å². The smallest absolute Gasteiger partial charge is 0.255 e. The Bertz CT molecular complexity index is 1520. The number of benzene rings is 2. The van der Waals surface area contributed by atoms with Gasteiger partial charge in [0.2, 0.25) is 0 Å². The Morgan fingerprint density at radius 3 is 2.87 bits per heavy atom. The molecule has 1 aliphatic rings. The van der Waals surface area contributed by atoms with Crippen LogP contribution in [-0.4, -0.2) is 39.5 Å². The van der Waals surface area contributed by atoms with Crippen LogP contribution in [0.3, 0.4) is 0 Å². The molecule has 0 spiro atoms. The van der Waals surface area contributed by atoms with Crippen molar-refractivity contribution in [2.75, 3.05) is 18.5 Å². The molecule has 0 saturated carbocycles. The van der Waals surface area contributed by atoms with Crippen molar-refractivity contribution in [3.63, 3.8) is 0 Å². The summed E-state index contributed by atoms with van der Waals surface area (Å²) in [6, 6.07) is 17.4. The SMILES string of the molecule is Cc1ccc(NC(=O)c2cccc(C(C)(C)C#N)c2)cc1-n1cc(-c2cnccc2P[C@H]2CCOC2)cn1. The summed E-state index contributed by atoms with van der Waals surface area (Å²) in [5, 5.41) is 18.4. The van der Waals surface area contributed by atoms with E-state index in [0.717, 1.165) is 47.6 Å². The molecule has 1 saturated heterocycles. The monoisotopic (exact) mass is 523 g/mol. The Balaban J connectivity index is 1.38. The maximum Gasteiger partial charge on any atom is 0.255 e. The lowest BCUT2D eigenvalue weighted by atomic mass is 9.85. The molecule has 8 heteroatoms. The van der Waals surface area contributed by atoms with Gasteiger partial charge in [-0.2, -0.15) is 10.4 Å². The van der Waals surface area contributed by atoms with E-state index in [1.54, 1.807) is 12.1 Å². The third-order valence-electron chi connectivity index (χ3n) is 6.84. The fraction of sp³-hybridized carbons (Fsp3) is 0.267. The molecule has 7 nitrogen and oxygen atoms in total. The predicted octanol–water partition coefficient (Wildman–Crippen LogP) is 5.39. The van der Waals surface area contributed by atoms with Crippen LogP contribution in [0.15, 0.2) is 73.3 Å². The highest BCUT2D eigenvalue weighted by Crippen LogP contribution is 2.31. The van der Waals surface area contributed by atoms with Gasteiger partial charge < -0.3 is 10.1 Å². The average Bonchev–Trinajstić information content (AvgIpc) is 3.63. The Labute approximate surface area is 224 Å². The molecule has 2 aromatic heterocycles. The fourth-order valence-corrected chi connectivity index (χ4v) is 5.90. The number of aromatic nitrogens is 3. The van der Waals surface area contributed by atoms with Crippen molar-refractivity contribution in [2.45, 2.75) is 38.3 Å². The molecule has 0 aliphatic carbocycles. The van der Waals surface area contributed by atoms with E-state index in [0.29, 0.717) is 25.5 Å². The van der Waals surface area contributed by atoms with E-state index in [4.69, 9.17) is 4.74 Å². The largest absolute Gasteiger partial charge is 0.381 e. The minimum Gasteiger partial charge on any atom is -0.381 e. The molecule has 2 aromatic carbocycles. The van der Waals surface area contributed by atoms with Gasteiger partial charge in [-0.1, -0.05) is 26.8 Å². The second-order valence-corrected chi connectivity index (χ2v) is 11.7. The van der Waals surface area contributed by atoms with Crippen LogP contribution in [0.5, 0.6) is 0 Å². The van der Waals surface area contributed by atoms with Crippen LogP contribution in [0.1, 0.15) is 41.8 Å². The topological polar surface area (TPSA) is 92.8 Å². The number of anilines is 1.